The molecule has 298 valence electrons. The summed E-state index contributed by atoms with van der Waals surface area (Å²) in [4.78, 5) is 12.6. The van der Waals surface area contributed by atoms with Gasteiger partial charge in [0.2, 0.25) is 0 Å². The van der Waals surface area contributed by atoms with Gasteiger partial charge in [0.15, 0.2) is 6.61 Å². The van der Waals surface area contributed by atoms with E-state index in [1.165, 1.54) is 7.11 Å². The number of hydrogen-bond donors (Lipinski definition) is 2. The highest BCUT2D eigenvalue weighted by Gasteiger charge is 2.28. The van der Waals surface area contributed by atoms with Gasteiger partial charge in [-0.3, -0.25) is 0 Å². The van der Waals surface area contributed by atoms with E-state index in [1.54, 1.807) is 0 Å². The zero-order valence-electron chi connectivity index (χ0n) is 36.0. The average molecular weight is 759 g/mol. The van der Waals surface area contributed by atoms with Crippen molar-refractivity contribution in [2.24, 2.45) is 0 Å². The first-order valence-electron chi connectivity index (χ1n) is 19.7. The van der Waals surface area contributed by atoms with Crippen LogP contribution in [0.25, 0.3) is 0 Å². The SMILES string of the molecule is C#CCOc1c2cc(C(C)(C)C)cc1Cc1cc(C(C)(C)C)cc(c1O)Cc1cc(C(C)(C)C)cc(c1OCC(=O)OC)Cc1cc(C(C)(C)C)cc(c1O)C2. The number of terminal acetylenes is 1. The van der Waals surface area contributed by atoms with Crippen LogP contribution in [0, 0.1) is 12.3 Å². The van der Waals surface area contributed by atoms with Crippen LogP contribution in [-0.2, 0) is 56.9 Å². The number of carbonyl (C=O) groups excluding carboxylic acids is 1. The van der Waals surface area contributed by atoms with E-state index in [0.29, 0.717) is 37.2 Å². The Bertz CT molecular complexity index is 2050. The first-order valence-corrected chi connectivity index (χ1v) is 19.7. The predicted molar refractivity (Wildman–Crippen MR) is 227 cm³/mol. The number of fused-ring (bicyclic) bond motifs is 8. The predicted octanol–water partition coefficient (Wildman–Crippen LogP) is 10.5. The minimum Gasteiger partial charge on any atom is -0.507 e. The first-order chi connectivity index (χ1) is 25.9. The molecule has 0 fully saturated rings. The standard InChI is InChI=1S/C50H62O6/c1-15-16-55-45-34-17-30-21-38(47(2,3)4)23-32(43(30)52)19-36-27-41(50(11,12)13)28-37(46(36)56-29-42(51)54-14)20-33-24-39(48(5,6)7)22-31(44(33)53)18-35(45)26-40(25-34)49(8,9)10/h1,21-28,52-53H,16-20,29H2,2-14H3. The molecule has 6 heteroatoms. The molecule has 4 aromatic rings. The number of hydrogen-bond acceptors (Lipinski definition) is 6. The topological polar surface area (TPSA) is 85.2 Å². The van der Waals surface area contributed by atoms with Gasteiger partial charge in [0.05, 0.1) is 7.11 Å². The van der Waals surface area contributed by atoms with Gasteiger partial charge in [0.1, 0.15) is 29.6 Å². The van der Waals surface area contributed by atoms with Gasteiger partial charge in [0.25, 0.3) is 0 Å². The van der Waals surface area contributed by atoms with Crippen molar-refractivity contribution in [2.45, 2.75) is 130 Å². The number of ether oxygens (including phenoxy) is 3. The summed E-state index contributed by atoms with van der Waals surface area (Å²) in [5, 5.41) is 24.6. The summed E-state index contributed by atoms with van der Waals surface area (Å²) in [6.45, 7) is 25.9. The number of rotatable bonds is 5. The van der Waals surface area contributed by atoms with Crippen LogP contribution in [0.4, 0.5) is 0 Å². The van der Waals surface area contributed by atoms with E-state index >= 15 is 0 Å². The van der Waals surface area contributed by atoms with Crippen LogP contribution in [0.15, 0.2) is 48.5 Å². The summed E-state index contributed by atoms with van der Waals surface area (Å²) >= 11 is 0. The molecule has 0 unspecified atom stereocenters. The third kappa shape index (κ3) is 9.38. The molecule has 4 aromatic carbocycles. The van der Waals surface area contributed by atoms with E-state index < -0.39 is 5.97 Å². The second-order valence-corrected chi connectivity index (χ2v) is 19.6. The average Bonchev–Trinajstić information content (AvgIpc) is 3.08. The fourth-order valence-corrected chi connectivity index (χ4v) is 7.32. The summed E-state index contributed by atoms with van der Waals surface area (Å²) in [5.74, 6) is 3.79. The van der Waals surface area contributed by atoms with Crippen LogP contribution in [-0.4, -0.2) is 36.5 Å². The molecule has 0 saturated heterocycles. The Morgan fingerprint density at radius 2 is 0.804 bits per heavy atom. The van der Waals surface area contributed by atoms with Crippen LogP contribution >= 0.6 is 0 Å². The third-order valence-corrected chi connectivity index (χ3v) is 10.9. The molecule has 0 aromatic heterocycles. The number of esters is 1. The minimum atomic E-state index is -0.498. The first kappa shape index (κ1) is 42.3. The fourth-order valence-electron chi connectivity index (χ4n) is 7.32. The maximum absolute atomic E-state index is 12.6. The van der Waals surface area contributed by atoms with E-state index in [-0.39, 0.29) is 46.4 Å². The smallest absolute Gasteiger partial charge is 0.343 e. The van der Waals surface area contributed by atoms with Crippen LogP contribution in [0.2, 0.25) is 0 Å². The summed E-state index contributed by atoms with van der Waals surface area (Å²) < 4.78 is 17.9. The lowest BCUT2D eigenvalue weighted by atomic mass is 9.79. The van der Waals surface area contributed by atoms with E-state index in [2.05, 4.69) is 138 Å². The van der Waals surface area contributed by atoms with Crippen molar-refractivity contribution < 1.29 is 29.2 Å². The molecule has 0 atom stereocenters. The zero-order valence-corrected chi connectivity index (χ0v) is 36.0. The number of carbonyl (C=O) groups is 1. The number of phenols is 2. The number of aromatic hydroxyl groups is 2. The lowest BCUT2D eigenvalue weighted by Crippen LogP contribution is -2.18. The molecule has 0 heterocycles. The molecule has 0 radical (unpaired) electrons. The van der Waals surface area contributed by atoms with Crippen LogP contribution < -0.4 is 9.47 Å². The van der Waals surface area contributed by atoms with Crippen LogP contribution in [0.3, 0.4) is 0 Å². The highest BCUT2D eigenvalue weighted by atomic mass is 16.6. The molecule has 1 aliphatic rings. The molecule has 5 rings (SSSR count). The summed E-state index contributed by atoms with van der Waals surface area (Å²) in [6.07, 6.45) is 7.24. The lowest BCUT2D eigenvalue weighted by molar-refractivity contribution is -0.142. The van der Waals surface area contributed by atoms with Gasteiger partial charge >= 0.3 is 5.97 Å². The van der Waals surface area contributed by atoms with Crippen LogP contribution in [0.5, 0.6) is 23.0 Å². The largest absolute Gasteiger partial charge is 0.507 e. The van der Waals surface area contributed by atoms with E-state index in [4.69, 9.17) is 20.6 Å². The maximum Gasteiger partial charge on any atom is 0.343 e. The maximum atomic E-state index is 12.6. The highest BCUT2D eigenvalue weighted by molar-refractivity contribution is 5.71. The van der Waals surface area contributed by atoms with Crippen molar-refractivity contribution >= 4 is 5.97 Å². The van der Waals surface area contributed by atoms with Gasteiger partial charge in [-0.05, 0) is 88.4 Å². The van der Waals surface area contributed by atoms with E-state index in [0.717, 1.165) is 66.8 Å². The molecule has 1 aliphatic carbocycles. The second kappa shape index (κ2) is 15.6. The monoisotopic (exact) mass is 758 g/mol. The molecule has 8 bridgehead atoms. The van der Waals surface area contributed by atoms with Crippen molar-refractivity contribution in [3.05, 3.63) is 115 Å². The summed E-state index contributed by atoms with van der Waals surface area (Å²) in [7, 11) is 1.35. The Morgan fingerprint density at radius 3 is 1.05 bits per heavy atom. The van der Waals surface area contributed by atoms with Crippen molar-refractivity contribution in [1.29, 1.82) is 0 Å². The van der Waals surface area contributed by atoms with Gasteiger partial charge in [-0.15, -0.1) is 6.42 Å². The molecule has 0 amide bonds. The van der Waals surface area contributed by atoms with Gasteiger partial charge in [0, 0.05) is 25.7 Å². The molecule has 0 spiro atoms. The Hall–Kier alpha value is -4.89. The molecule has 0 aliphatic heterocycles. The van der Waals surface area contributed by atoms with Crippen molar-refractivity contribution in [1.82, 2.24) is 0 Å². The molecule has 2 N–H and O–H groups in total. The third-order valence-electron chi connectivity index (χ3n) is 10.9. The molecular weight excluding hydrogens is 697 g/mol. The Kier molecular flexibility index (Phi) is 11.7. The van der Waals surface area contributed by atoms with Crippen molar-refractivity contribution in [2.75, 3.05) is 20.3 Å². The van der Waals surface area contributed by atoms with E-state index in [1.807, 2.05) is 0 Å². The minimum absolute atomic E-state index is 0.0759. The summed E-state index contributed by atoms with van der Waals surface area (Å²) in [6, 6.07) is 17.0. The molecule has 0 saturated carbocycles. The number of phenolic OH excluding ortho intramolecular Hbond substituents is 2. The summed E-state index contributed by atoms with van der Waals surface area (Å²) in [5.41, 5.74) is 9.97. The van der Waals surface area contributed by atoms with Gasteiger partial charge in [-0.2, -0.15) is 0 Å². The van der Waals surface area contributed by atoms with Gasteiger partial charge < -0.3 is 24.4 Å². The lowest BCUT2D eigenvalue weighted by Gasteiger charge is -2.28. The Balaban J connectivity index is 1.95. The highest BCUT2D eigenvalue weighted by Crippen LogP contribution is 2.43. The van der Waals surface area contributed by atoms with Gasteiger partial charge in [-0.1, -0.05) is 138 Å². The van der Waals surface area contributed by atoms with Crippen LogP contribution in [0.1, 0.15) is 150 Å². The molecule has 56 heavy (non-hydrogen) atoms. The molecular formula is C50H62O6. The van der Waals surface area contributed by atoms with E-state index in [9.17, 15) is 15.0 Å². The van der Waals surface area contributed by atoms with Crippen molar-refractivity contribution in [3.8, 4) is 35.3 Å². The number of methoxy groups -OCH3 is 1. The Morgan fingerprint density at radius 1 is 0.536 bits per heavy atom. The normalized spacial score (nSPS) is 13.5. The Labute approximate surface area is 335 Å². The van der Waals surface area contributed by atoms with Crippen molar-refractivity contribution in [3.63, 3.8) is 0 Å². The second-order valence-electron chi connectivity index (χ2n) is 19.6. The molecule has 6 nitrogen and oxygen atoms in total. The van der Waals surface area contributed by atoms with Gasteiger partial charge in [-0.25, -0.2) is 4.79 Å². The fraction of sp³-hybridized carbons (Fsp3) is 0.460. The number of benzene rings is 4. The quantitative estimate of drug-likeness (QED) is 0.137. The zero-order chi connectivity index (χ0) is 41.5.